The number of rotatable bonds is 9. The Labute approximate surface area is 214 Å². The van der Waals surface area contributed by atoms with Crippen molar-refractivity contribution in [1.29, 1.82) is 5.26 Å². The summed E-state index contributed by atoms with van der Waals surface area (Å²) in [7, 11) is -1.22. The molecule has 13 heteroatoms. The number of anilines is 1. The second-order valence-electron chi connectivity index (χ2n) is 8.04. The number of hydrogen-bond acceptors (Lipinski definition) is 10. The van der Waals surface area contributed by atoms with Crippen molar-refractivity contribution in [2.24, 2.45) is 0 Å². The van der Waals surface area contributed by atoms with Crippen molar-refractivity contribution in [3.63, 3.8) is 0 Å². The van der Waals surface area contributed by atoms with E-state index in [1.54, 1.807) is 54.9 Å². The summed E-state index contributed by atoms with van der Waals surface area (Å²) in [6.07, 6.45) is 2.23. The van der Waals surface area contributed by atoms with E-state index in [-0.39, 0.29) is 17.6 Å². The summed E-state index contributed by atoms with van der Waals surface area (Å²) in [5.41, 5.74) is 2.04. The van der Waals surface area contributed by atoms with E-state index >= 15 is 0 Å². The molecule has 4 aromatic rings. The zero-order valence-electron chi connectivity index (χ0n) is 20.5. The predicted octanol–water partition coefficient (Wildman–Crippen LogP) is 2.83. The molecule has 190 valence electrons. The van der Waals surface area contributed by atoms with Gasteiger partial charge in [-0.3, -0.25) is 9.29 Å². The molecule has 1 N–H and O–H groups in total. The monoisotopic (exact) mass is 520 g/mol. The van der Waals surface area contributed by atoms with Crippen LogP contribution in [0.25, 0.3) is 17.2 Å². The Hall–Kier alpha value is -4.41. The van der Waals surface area contributed by atoms with Crippen LogP contribution in [-0.4, -0.2) is 57.6 Å². The van der Waals surface area contributed by atoms with Crippen LogP contribution in [0.1, 0.15) is 30.0 Å². The van der Waals surface area contributed by atoms with Crippen LogP contribution in [-0.2, 0) is 14.8 Å². The van der Waals surface area contributed by atoms with Gasteiger partial charge in [0, 0.05) is 25.6 Å². The number of sulfonamides is 1. The van der Waals surface area contributed by atoms with Crippen molar-refractivity contribution >= 4 is 16.0 Å². The van der Waals surface area contributed by atoms with Crippen molar-refractivity contribution in [2.75, 3.05) is 18.9 Å². The number of aryl methyl sites for hydroxylation is 1. The number of ether oxygens (including phenoxy) is 2. The van der Waals surface area contributed by atoms with Crippen molar-refractivity contribution in [2.45, 2.75) is 25.2 Å². The van der Waals surface area contributed by atoms with Gasteiger partial charge in [-0.05, 0) is 43.7 Å². The molecule has 37 heavy (non-hydrogen) atoms. The number of benzene rings is 1. The van der Waals surface area contributed by atoms with Crippen molar-refractivity contribution in [1.82, 2.24) is 29.7 Å². The molecule has 0 aliphatic carbocycles. The molecular formula is C24H24N8O4S. The molecule has 0 bridgehead atoms. The average Bonchev–Trinajstić information content (AvgIpc) is 3.33. The topological polar surface area (TPSA) is 158 Å². The number of nitriles is 1. The van der Waals surface area contributed by atoms with Gasteiger partial charge in [0.05, 0.1) is 24.4 Å². The molecule has 3 aromatic heterocycles. The van der Waals surface area contributed by atoms with Crippen molar-refractivity contribution < 1.29 is 17.9 Å². The maximum atomic E-state index is 13.5. The Bertz CT molecular complexity index is 1550. The van der Waals surface area contributed by atoms with E-state index in [1.165, 1.54) is 25.7 Å². The van der Waals surface area contributed by atoms with Crippen LogP contribution in [0.2, 0.25) is 0 Å². The normalized spacial score (nSPS) is 12.9. The Kier molecular flexibility index (Phi) is 7.42. The summed E-state index contributed by atoms with van der Waals surface area (Å²) in [5, 5.41) is 16.6. The van der Waals surface area contributed by atoms with Gasteiger partial charge in [0.25, 0.3) is 0 Å². The van der Waals surface area contributed by atoms with Crippen LogP contribution in [0.15, 0.2) is 54.9 Å². The molecule has 0 saturated heterocycles. The maximum absolute atomic E-state index is 13.5. The Morgan fingerprint density at radius 2 is 1.81 bits per heavy atom. The molecule has 0 fully saturated rings. The second-order valence-corrected chi connectivity index (χ2v) is 10.1. The molecule has 0 radical (unpaired) electrons. The molecule has 0 unspecified atom stereocenters. The maximum Gasteiger partial charge on any atom is 0.243 e. The summed E-state index contributed by atoms with van der Waals surface area (Å²) < 4.78 is 41.6. The first-order valence-corrected chi connectivity index (χ1v) is 12.6. The van der Waals surface area contributed by atoms with Crippen molar-refractivity contribution in [3.05, 3.63) is 71.8 Å². The zero-order valence-corrected chi connectivity index (χ0v) is 21.3. The largest absolute Gasteiger partial charge is 0.481 e. The number of pyridine rings is 1. The van der Waals surface area contributed by atoms with Gasteiger partial charge in [0.15, 0.2) is 11.6 Å². The summed E-state index contributed by atoms with van der Waals surface area (Å²) in [6, 6.07) is 13.8. The van der Waals surface area contributed by atoms with Crippen LogP contribution in [0.4, 0.5) is 5.95 Å². The first-order chi connectivity index (χ1) is 17.8. The van der Waals surface area contributed by atoms with Crippen LogP contribution < -0.4 is 9.46 Å². The molecule has 12 nitrogen and oxygen atoms in total. The van der Waals surface area contributed by atoms with Crippen LogP contribution >= 0.6 is 0 Å². The van der Waals surface area contributed by atoms with Crippen LogP contribution in [0.3, 0.4) is 0 Å². The lowest BCUT2D eigenvalue weighted by atomic mass is 10.2. The summed E-state index contributed by atoms with van der Waals surface area (Å²) in [6.45, 7) is 3.32. The molecule has 1 aromatic carbocycles. The van der Waals surface area contributed by atoms with Gasteiger partial charge < -0.3 is 9.47 Å². The molecule has 3 heterocycles. The highest BCUT2D eigenvalue weighted by molar-refractivity contribution is 7.93. The third-order valence-corrected chi connectivity index (χ3v) is 7.21. The number of nitrogens with zero attached hydrogens (tertiary/aromatic N) is 7. The van der Waals surface area contributed by atoms with E-state index in [2.05, 4.69) is 35.9 Å². The van der Waals surface area contributed by atoms with Crippen LogP contribution in [0, 0.1) is 18.3 Å². The Morgan fingerprint density at radius 1 is 1.08 bits per heavy atom. The predicted molar refractivity (Wildman–Crippen MR) is 134 cm³/mol. The highest BCUT2D eigenvalue weighted by Crippen LogP contribution is 2.29. The number of aromatic nitrogens is 6. The lowest BCUT2D eigenvalue weighted by molar-refractivity contribution is 0.0949. The summed E-state index contributed by atoms with van der Waals surface area (Å²) in [5.74, 6) is 0.718. The molecule has 0 aliphatic heterocycles. The molecule has 0 aliphatic rings. The first-order valence-electron chi connectivity index (χ1n) is 11.1. The highest BCUT2D eigenvalue weighted by atomic mass is 32.2. The van der Waals surface area contributed by atoms with Crippen molar-refractivity contribution in [3.8, 4) is 29.2 Å². The molecule has 2 atom stereocenters. The number of nitrogens with one attached hydrogen (secondary N) is 1. The zero-order chi connectivity index (χ0) is 26.6. The number of methoxy groups -OCH3 is 2. The molecule has 0 spiro atoms. The standard InChI is InChI=1S/C24H24N8O4S/c1-15-13-26-22(27-14-15)21(36-4)16(2)37(33,34)31-24-30-29-23(19-9-6-10-20(28-19)35-3)32(24)18-8-5-7-17(11-18)12-25/h5-11,13-14,16,21H,1-4H3,(H,30,31)/t16-,21-/m0/s1. The Balaban J connectivity index is 1.78. The summed E-state index contributed by atoms with van der Waals surface area (Å²) >= 11 is 0. The quantitative estimate of drug-likeness (QED) is 0.348. The van der Waals surface area contributed by atoms with Gasteiger partial charge in [0.1, 0.15) is 17.0 Å². The lowest BCUT2D eigenvalue weighted by Gasteiger charge is -2.22. The van der Waals surface area contributed by atoms with Crippen LogP contribution in [0.5, 0.6) is 5.88 Å². The first kappa shape index (κ1) is 25.7. The third-order valence-electron chi connectivity index (χ3n) is 5.52. The van der Waals surface area contributed by atoms with Gasteiger partial charge in [-0.2, -0.15) is 5.26 Å². The molecule has 0 saturated carbocycles. The van der Waals surface area contributed by atoms with E-state index in [1.807, 2.05) is 6.92 Å². The van der Waals surface area contributed by atoms with E-state index < -0.39 is 21.4 Å². The average molecular weight is 521 g/mol. The van der Waals surface area contributed by atoms with E-state index in [0.29, 0.717) is 22.8 Å². The smallest absolute Gasteiger partial charge is 0.243 e. The molecular weight excluding hydrogens is 496 g/mol. The third kappa shape index (κ3) is 5.40. The van der Waals surface area contributed by atoms with Gasteiger partial charge >= 0.3 is 0 Å². The van der Waals surface area contributed by atoms with E-state index in [9.17, 15) is 13.7 Å². The van der Waals surface area contributed by atoms with Gasteiger partial charge in [-0.25, -0.2) is 23.4 Å². The fourth-order valence-corrected chi connectivity index (χ4v) is 4.70. The lowest BCUT2D eigenvalue weighted by Crippen LogP contribution is -2.33. The summed E-state index contributed by atoms with van der Waals surface area (Å²) in [4.78, 5) is 12.8. The van der Waals surface area contributed by atoms with Gasteiger partial charge in [0.2, 0.25) is 21.9 Å². The van der Waals surface area contributed by atoms with E-state index in [4.69, 9.17) is 9.47 Å². The Morgan fingerprint density at radius 3 is 2.49 bits per heavy atom. The number of hydrogen-bond donors (Lipinski definition) is 1. The van der Waals surface area contributed by atoms with Gasteiger partial charge in [-0.1, -0.05) is 12.1 Å². The minimum Gasteiger partial charge on any atom is -0.481 e. The molecule has 0 amide bonds. The minimum atomic E-state index is -4.10. The fourth-order valence-electron chi connectivity index (χ4n) is 3.57. The molecule has 4 rings (SSSR count). The fraction of sp³-hybridized carbons (Fsp3) is 0.250. The SMILES string of the molecule is COc1cccc(-c2nnc(NS(=O)(=O)[C@@H](C)[C@H](OC)c3ncc(C)cn3)n2-c2cccc(C#N)c2)n1. The second kappa shape index (κ2) is 10.7. The minimum absolute atomic E-state index is 0.0961. The van der Waals surface area contributed by atoms with E-state index in [0.717, 1.165) is 5.56 Å². The van der Waals surface area contributed by atoms with Gasteiger partial charge in [-0.15, -0.1) is 10.2 Å². The highest BCUT2D eigenvalue weighted by Gasteiger charge is 2.34.